The Morgan fingerprint density at radius 2 is 1.76 bits per heavy atom. The summed E-state index contributed by atoms with van der Waals surface area (Å²) in [6, 6.07) is 10.3. The van der Waals surface area contributed by atoms with Crippen LogP contribution in [0.15, 0.2) is 46.9 Å². The van der Waals surface area contributed by atoms with Crippen LogP contribution in [0.3, 0.4) is 0 Å². The molecule has 1 unspecified atom stereocenters. The molecule has 112 valence electrons. The Labute approximate surface area is 132 Å². The molecule has 0 aliphatic rings. The van der Waals surface area contributed by atoms with Gasteiger partial charge in [-0.2, -0.15) is 13.2 Å². The van der Waals surface area contributed by atoms with Crippen LogP contribution in [0.4, 0.5) is 17.6 Å². The van der Waals surface area contributed by atoms with Gasteiger partial charge in [-0.15, -0.1) is 11.6 Å². The Kier molecular flexibility index (Phi) is 4.94. The molecule has 0 aliphatic heterocycles. The van der Waals surface area contributed by atoms with Crippen molar-refractivity contribution in [3.63, 3.8) is 0 Å². The molecule has 1 atom stereocenters. The first kappa shape index (κ1) is 16.3. The van der Waals surface area contributed by atoms with Crippen molar-refractivity contribution in [3.8, 4) is 0 Å². The normalized spacial score (nSPS) is 13.2. The molecule has 6 heteroatoms. The Morgan fingerprint density at radius 3 is 2.38 bits per heavy atom. The summed E-state index contributed by atoms with van der Waals surface area (Å²) in [4.78, 5) is 0. The molecule has 2 aromatic rings. The Morgan fingerprint density at radius 1 is 1.10 bits per heavy atom. The Bertz CT molecular complexity index is 640. The van der Waals surface area contributed by atoms with E-state index < -0.39 is 22.9 Å². The number of halogens is 6. The molecule has 0 heterocycles. The van der Waals surface area contributed by atoms with E-state index in [9.17, 15) is 17.6 Å². The minimum absolute atomic E-state index is 0.147. The number of benzene rings is 2. The van der Waals surface area contributed by atoms with E-state index in [0.717, 1.165) is 16.1 Å². The van der Waals surface area contributed by atoms with Crippen LogP contribution in [-0.4, -0.2) is 0 Å². The highest BCUT2D eigenvalue weighted by Gasteiger charge is 2.35. The quantitative estimate of drug-likeness (QED) is 0.443. The highest BCUT2D eigenvalue weighted by Crippen LogP contribution is 2.36. The lowest BCUT2D eigenvalue weighted by molar-refractivity contribution is -0.140. The molecule has 2 aromatic carbocycles. The fourth-order valence-corrected chi connectivity index (χ4v) is 2.78. The van der Waals surface area contributed by atoms with Gasteiger partial charge in [-0.25, -0.2) is 4.39 Å². The van der Waals surface area contributed by atoms with Gasteiger partial charge in [-0.1, -0.05) is 40.2 Å². The van der Waals surface area contributed by atoms with Gasteiger partial charge >= 0.3 is 6.18 Å². The van der Waals surface area contributed by atoms with Crippen LogP contribution in [0, 0.1) is 5.82 Å². The van der Waals surface area contributed by atoms with E-state index in [1.807, 2.05) is 6.07 Å². The van der Waals surface area contributed by atoms with E-state index in [4.69, 9.17) is 11.6 Å². The number of rotatable bonds is 3. The van der Waals surface area contributed by atoms with Crippen LogP contribution < -0.4 is 0 Å². The summed E-state index contributed by atoms with van der Waals surface area (Å²) in [5, 5.41) is -0.874. The molecule has 0 saturated heterocycles. The highest BCUT2D eigenvalue weighted by atomic mass is 79.9. The minimum Gasteiger partial charge on any atom is -0.206 e. The molecule has 2 rings (SSSR count). The Hall–Kier alpha value is -1.07. The predicted molar refractivity (Wildman–Crippen MR) is 77.8 cm³/mol. The summed E-state index contributed by atoms with van der Waals surface area (Å²) < 4.78 is 52.9. The van der Waals surface area contributed by atoms with Crippen molar-refractivity contribution in [2.24, 2.45) is 0 Å². The maximum Gasteiger partial charge on any atom is 0.419 e. The second-order valence-electron chi connectivity index (χ2n) is 4.51. The third-order valence-corrected chi connectivity index (χ3v) is 3.86. The van der Waals surface area contributed by atoms with Gasteiger partial charge in [0.2, 0.25) is 0 Å². The largest absolute Gasteiger partial charge is 0.419 e. The van der Waals surface area contributed by atoms with Gasteiger partial charge in [0.15, 0.2) is 0 Å². The second kappa shape index (κ2) is 6.36. The number of hydrogen-bond donors (Lipinski definition) is 0. The monoisotopic (exact) mass is 380 g/mol. The van der Waals surface area contributed by atoms with E-state index in [1.54, 1.807) is 18.2 Å². The molecule has 0 saturated carbocycles. The fraction of sp³-hybridized carbons (Fsp3) is 0.200. The molecule has 21 heavy (non-hydrogen) atoms. The first-order valence-corrected chi connectivity index (χ1v) is 7.26. The summed E-state index contributed by atoms with van der Waals surface area (Å²) in [6.45, 7) is 0. The van der Waals surface area contributed by atoms with Crippen LogP contribution in [0.5, 0.6) is 0 Å². The first-order chi connectivity index (χ1) is 9.79. The van der Waals surface area contributed by atoms with Crippen LogP contribution >= 0.6 is 27.5 Å². The van der Waals surface area contributed by atoms with Crippen LogP contribution in [-0.2, 0) is 12.6 Å². The lowest BCUT2D eigenvalue weighted by Gasteiger charge is -2.15. The van der Waals surface area contributed by atoms with Crippen molar-refractivity contribution in [1.29, 1.82) is 0 Å². The van der Waals surface area contributed by atoms with Crippen molar-refractivity contribution in [2.45, 2.75) is 18.0 Å². The zero-order valence-electron chi connectivity index (χ0n) is 10.6. The highest BCUT2D eigenvalue weighted by molar-refractivity contribution is 9.10. The van der Waals surface area contributed by atoms with E-state index in [1.165, 1.54) is 6.07 Å². The minimum atomic E-state index is -4.73. The summed E-state index contributed by atoms with van der Waals surface area (Å²) in [5.74, 6) is -1.31. The molecule has 0 aromatic heterocycles. The van der Waals surface area contributed by atoms with Crippen molar-refractivity contribution in [3.05, 3.63) is 69.4 Å². The first-order valence-electron chi connectivity index (χ1n) is 6.03. The molecule has 0 nitrogen and oxygen atoms in total. The zero-order valence-corrected chi connectivity index (χ0v) is 12.9. The lowest BCUT2D eigenvalue weighted by Crippen LogP contribution is -2.11. The van der Waals surface area contributed by atoms with Crippen molar-refractivity contribution in [1.82, 2.24) is 0 Å². The average Bonchev–Trinajstić information content (AvgIpc) is 2.37. The number of hydrogen-bond acceptors (Lipinski definition) is 0. The standard InChI is InChI=1S/C15H10BrClF4/c16-10-4-1-3-9(7-10)8-13(17)11-5-2-6-12(14(11)18)15(19,20)21/h1-7,13H,8H2. The van der Waals surface area contributed by atoms with Gasteiger partial charge in [0.05, 0.1) is 10.9 Å². The van der Waals surface area contributed by atoms with E-state index in [-0.39, 0.29) is 12.0 Å². The van der Waals surface area contributed by atoms with E-state index >= 15 is 0 Å². The van der Waals surface area contributed by atoms with E-state index in [2.05, 4.69) is 15.9 Å². The van der Waals surface area contributed by atoms with Gasteiger partial charge < -0.3 is 0 Å². The molecule has 0 fully saturated rings. The van der Waals surface area contributed by atoms with Gasteiger partial charge in [-0.05, 0) is 30.2 Å². The third kappa shape index (κ3) is 3.98. The molecular weight excluding hydrogens is 372 g/mol. The maximum atomic E-state index is 14.0. The van der Waals surface area contributed by atoms with Crippen molar-refractivity contribution < 1.29 is 17.6 Å². The zero-order chi connectivity index (χ0) is 15.6. The topological polar surface area (TPSA) is 0 Å². The summed E-state index contributed by atoms with van der Waals surface area (Å²) >= 11 is 9.39. The summed E-state index contributed by atoms with van der Waals surface area (Å²) in [7, 11) is 0. The van der Waals surface area contributed by atoms with Gasteiger partial charge in [0.25, 0.3) is 0 Å². The molecule has 0 radical (unpaired) electrons. The second-order valence-corrected chi connectivity index (χ2v) is 5.95. The van der Waals surface area contributed by atoms with Crippen LogP contribution in [0.25, 0.3) is 0 Å². The lowest BCUT2D eigenvalue weighted by atomic mass is 10.0. The third-order valence-electron chi connectivity index (χ3n) is 2.98. The van der Waals surface area contributed by atoms with Crippen molar-refractivity contribution in [2.75, 3.05) is 0 Å². The SMILES string of the molecule is Fc1c(C(Cl)Cc2cccc(Br)c2)cccc1C(F)(F)F. The van der Waals surface area contributed by atoms with Crippen molar-refractivity contribution >= 4 is 27.5 Å². The molecule has 0 amide bonds. The van der Waals surface area contributed by atoms with Gasteiger partial charge in [0.1, 0.15) is 5.82 Å². The molecular formula is C15H10BrClF4. The smallest absolute Gasteiger partial charge is 0.206 e. The van der Waals surface area contributed by atoms with Crippen LogP contribution in [0.2, 0.25) is 0 Å². The average molecular weight is 382 g/mol. The fourth-order valence-electron chi connectivity index (χ4n) is 1.99. The molecule has 0 spiro atoms. The van der Waals surface area contributed by atoms with Gasteiger partial charge in [-0.3, -0.25) is 0 Å². The number of alkyl halides is 4. The maximum absolute atomic E-state index is 14.0. The molecule has 0 N–H and O–H groups in total. The Balaban J connectivity index is 2.30. The summed E-state index contributed by atoms with van der Waals surface area (Å²) in [6.07, 6.45) is -4.49. The predicted octanol–water partition coefficient (Wildman–Crippen LogP) is 6.13. The van der Waals surface area contributed by atoms with Crippen LogP contribution in [0.1, 0.15) is 22.1 Å². The van der Waals surface area contributed by atoms with E-state index in [0.29, 0.717) is 6.07 Å². The van der Waals surface area contributed by atoms with Gasteiger partial charge in [0, 0.05) is 10.0 Å². The molecule has 0 bridgehead atoms. The summed E-state index contributed by atoms with van der Waals surface area (Å²) in [5.41, 5.74) is -0.632. The molecule has 0 aliphatic carbocycles.